The van der Waals surface area contributed by atoms with E-state index in [1.54, 1.807) is 0 Å². The summed E-state index contributed by atoms with van der Waals surface area (Å²) in [5.41, 5.74) is 5.81. The second kappa shape index (κ2) is 7.23. The molecule has 0 unspecified atom stereocenters. The van der Waals surface area contributed by atoms with Crippen molar-refractivity contribution in [3.63, 3.8) is 0 Å². The van der Waals surface area contributed by atoms with Crippen LogP contribution in [0.2, 0.25) is 5.02 Å². The first-order chi connectivity index (χ1) is 14.1. The molecule has 3 aromatic rings. The molecular formula is C25H23ClN2O. The number of para-hydroxylation sites is 1. The third-order valence-electron chi connectivity index (χ3n) is 5.76. The van der Waals surface area contributed by atoms with Crippen molar-refractivity contribution in [1.82, 2.24) is 5.01 Å². The molecule has 4 heteroatoms. The standard InChI is InChI=1S/C25H23ClN2O/c1-16(2)17-7-9-19(10-8-17)25-28-23(21-5-3-4-6-24(21)29-25)15-22(27-28)18-11-13-20(26)14-12-18/h3-14,16,23,25H,15H2,1-2H3/t23-,25+/m0/s1. The quantitative estimate of drug-likeness (QED) is 0.486. The summed E-state index contributed by atoms with van der Waals surface area (Å²) in [6.45, 7) is 4.42. The zero-order valence-corrected chi connectivity index (χ0v) is 17.3. The summed E-state index contributed by atoms with van der Waals surface area (Å²) >= 11 is 6.08. The molecule has 0 aliphatic carbocycles. The molecule has 5 rings (SSSR count). The highest BCUT2D eigenvalue weighted by Crippen LogP contribution is 2.47. The van der Waals surface area contributed by atoms with Gasteiger partial charge in [-0.1, -0.05) is 80.0 Å². The molecule has 29 heavy (non-hydrogen) atoms. The largest absolute Gasteiger partial charge is 0.464 e. The maximum Gasteiger partial charge on any atom is 0.213 e. The molecule has 0 spiro atoms. The summed E-state index contributed by atoms with van der Waals surface area (Å²) in [7, 11) is 0. The lowest BCUT2D eigenvalue weighted by atomic mass is 9.95. The number of hydrogen-bond donors (Lipinski definition) is 0. The maximum absolute atomic E-state index is 6.43. The Morgan fingerprint density at radius 3 is 2.41 bits per heavy atom. The first kappa shape index (κ1) is 18.3. The number of fused-ring (bicyclic) bond motifs is 3. The second-order valence-electron chi connectivity index (χ2n) is 7.98. The Bertz CT molecular complexity index is 1060. The van der Waals surface area contributed by atoms with Crippen molar-refractivity contribution in [2.24, 2.45) is 5.10 Å². The molecule has 0 fully saturated rings. The topological polar surface area (TPSA) is 24.8 Å². The Morgan fingerprint density at radius 2 is 1.69 bits per heavy atom. The van der Waals surface area contributed by atoms with E-state index in [9.17, 15) is 0 Å². The molecule has 0 radical (unpaired) electrons. The molecule has 0 N–H and O–H groups in total. The highest BCUT2D eigenvalue weighted by molar-refractivity contribution is 6.30. The van der Waals surface area contributed by atoms with Crippen LogP contribution in [-0.2, 0) is 0 Å². The van der Waals surface area contributed by atoms with Crippen LogP contribution in [0.15, 0.2) is 77.9 Å². The van der Waals surface area contributed by atoms with Crippen LogP contribution in [0, 0.1) is 0 Å². The molecule has 0 aromatic heterocycles. The minimum Gasteiger partial charge on any atom is -0.464 e. The molecule has 2 aliphatic rings. The Morgan fingerprint density at radius 1 is 0.966 bits per heavy atom. The first-order valence-corrected chi connectivity index (χ1v) is 10.4. The van der Waals surface area contributed by atoms with Crippen LogP contribution in [-0.4, -0.2) is 10.7 Å². The second-order valence-corrected chi connectivity index (χ2v) is 8.42. The molecule has 146 valence electrons. The van der Waals surface area contributed by atoms with Crippen molar-refractivity contribution < 1.29 is 4.74 Å². The van der Waals surface area contributed by atoms with Gasteiger partial charge in [0.2, 0.25) is 6.23 Å². The van der Waals surface area contributed by atoms with Crippen molar-refractivity contribution in [2.75, 3.05) is 0 Å². The van der Waals surface area contributed by atoms with Gasteiger partial charge in [0.15, 0.2) is 0 Å². The zero-order valence-electron chi connectivity index (χ0n) is 16.5. The Balaban J connectivity index is 1.55. The molecule has 2 aliphatic heterocycles. The zero-order chi connectivity index (χ0) is 20.0. The summed E-state index contributed by atoms with van der Waals surface area (Å²) in [5.74, 6) is 1.45. The van der Waals surface area contributed by atoms with Gasteiger partial charge in [0, 0.05) is 22.6 Å². The van der Waals surface area contributed by atoms with Crippen LogP contribution >= 0.6 is 11.6 Å². The van der Waals surface area contributed by atoms with Gasteiger partial charge >= 0.3 is 0 Å². The van der Waals surface area contributed by atoms with Crippen molar-refractivity contribution >= 4 is 17.3 Å². The minimum atomic E-state index is -0.235. The van der Waals surface area contributed by atoms with E-state index in [0.717, 1.165) is 34.0 Å². The molecule has 3 aromatic carbocycles. The fourth-order valence-electron chi connectivity index (χ4n) is 4.12. The summed E-state index contributed by atoms with van der Waals surface area (Å²) in [4.78, 5) is 0. The Labute approximate surface area is 176 Å². The highest BCUT2D eigenvalue weighted by atomic mass is 35.5. The van der Waals surface area contributed by atoms with Crippen molar-refractivity contribution in [3.05, 3.63) is 100 Å². The van der Waals surface area contributed by atoms with Gasteiger partial charge in [-0.2, -0.15) is 5.10 Å². The van der Waals surface area contributed by atoms with Crippen LogP contribution < -0.4 is 4.74 Å². The van der Waals surface area contributed by atoms with Gasteiger partial charge < -0.3 is 4.74 Å². The number of nitrogens with zero attached hydrogens (tertiary/aromatic N) is 2. The molecular weight excluding hydrogens is 380 g/mol. The summed E-state index contributed by atoms with van der Waals surface area (Å²) < 4.78 is 6.43. The fourth-order valence-corrected chi connectivity index (χ4v) is 4.24. The predicted octanol–water partition coefficient (Wildman–Crippen LogP) is 6.71. The molecule has 2 heterocycles. The third-order valence-corrected chi connectivity index (χ3v) is 6.02. The summed E-state index contributed by atoms with van der Waals surface area (Å²) in [6, 6.07) is 25.1. The average molecular weight is 403 g/mol. The van der Waals surface area contributed by atoms with Crippen molar-refractivity contribution in [3.8, 4) is 5.75 Å². The lowest BCUT2D eigenvalue weighted by Gasteiger charge is -2.38. The summed E-state index contributed by atoms with van der Waals surface area (Å²) in [5, 5.41) is 7.87. The van der Waals surface area contributed by atoms with Gasteiger partial charge in [0.05, 0.1) is 11.8 Å². The van der Waals surface area contributed by atoms with E-state index in [1.807, 2.05) is 30.3 Å². The van der Waals surface area contributed by atoms with Gasteiger partial charge in [-0.15, -0.1) is 0 Å². The van der Waals surface area contributed by atoms with E-state index in [2.05, 4.69) is 61.3 Å². The average Bonchev–Trinajstić information content (AvgIpc) is 3.19. The lowest BCUT2D eigenvalue weighted by Crippen LogP contribution is -2.33. The fraction of sp³-hybridized carbons (Fsp3) is 0.240. The third kappa shape index (κ3) is 3.30. The lowest BCUT2D eigenvalue weighted by molar-refractivity contribution is -0.0190. The SMILES string of the molecule is CC(C)c1ccc([C@H]2Oc3ccccc3[C@@H]3CC(c4ccc(Cl)cc4)=NN23)cc1. The number of benzene rings is 3. The molecule has 0 saturated heterocycles. The van der Waals surface area contributed by atoms with Crippen LogP contribution in [0.3, 0.4) is 0 Å². The smallest absolute Gasteiger partial charge is 0.213 e. The number of hydrogen-bond acceptors (Lipinski definition) is 3. The van der Waals surface area contributed by atoms with Crippen LogP contribution in [0.25, 0.3) is 0 Å². The monoisotopic (exact) mass is 402 g/mol. The number of ether oxygens (including phenoxy) is 1. The van der Waals surface area contributed by atoms with E-state index >= 15 is 0 Å². The van der Waals surface area contributed by atoms with Crippen LogP contribution in [0.4, 0.5) is 0 Å². The number of rotatable bonds is 3. The van der Waals surface area contributed by atoms with Crippen molar-refractivity contribution in [1.29, 1.82) is 0 Å². The molecule has 3 nitrogen and oxygen atoms in total. The number of hydrazone groups is 1. The highest BCUT2D eigenvalue weighted by Gasteiger charge is 2.40. The van der Waals surface area contributed by atoms with Crippen LogP contribution in [0.1, 0.15) is 60.7 Å². The minimum absolute atomic E-state index is 0.167. The van der Waals surface area contributed by atoms with Gasteiger partial charge in [0.25, 0.3) is 0 Å². The van der Waals surface area contributed by atoms with E-state index in [0.29, 0.717) is 5.92 Å². The van der Waals surface area contributed by atoms with E-state index in [-0.39, 0.29) is 12.3 Å². The van der Waals surface area contributed by atoms with E-state index < -0.39 is 0 Å². The first-order valence-electron chi connectivity index (χ1n) is 10.1. The molecule has 2 atom stereocenters. The Kier molecular flexibility index (Phi) is 4.56. The summed E-state index contributed by atoms with van der Waals surface area (Å²) in [6.07, 6.45) is 0.615. The molecule has 0 amide bonds. The number of halogens is 1. The van der Waals surface area contributed by atoms with Crippen molar-refractivity contribution in [2.45, 2.75) is 38.5 Å². The molecule has 0 saturated carbocycles. The van der Waals surface area contributed by atoms with Gasteiger partial charge in [0.1, 0.15) is 5.75 Å². The Hall–Kier alpha value is -2.78. The van der Waals surface area contributed by atoms with Gasteiger partial charge in [-0.3, -0.25) is 0 Å². The predicted molar refractivity (Wildman–Crippen MR) is 118 cm³/mol. The normalized spacial score (nSPS) is 20.1. The maximum atomic E-state index is 6.43. The van der Waals surface area contributed by atoms with Crippen LogP contribution in [0.5, 0.6) is 5.75 Å². The van der Waals surface area contributed by atoms with E-state index in [4.69, 9.17) is 21.4 Å². The van der Waals surface area contributed by atoms with Gasteiger partial charge in [-0.05, 0) is 35.2 Å². The molecule has 0 bridgehead atoms. The van der Waals surface area contributed by atoms with E-state index in [1.165, 1.54) is 11.1 Å². The van der Waals surface area contributed by atoms with Gasteiger partial charge in [-0.25, -0.2) is 5.01 Å².